The van der Waals surface area contributed by atoms with E-state index < -0.39 is 15.9 Å². The molecule has 120 valence electrons. The van der Waals surface area contributed by atoms with Crippen molar-refractivity contribution in [2.45, 2.75) is 0 Å². The van der Waals surface area contributed by atoms with Gasteiger partial charge in [0.05, 0.1) is 10.5 Å². The van der Waals surface area contributed by atoms with Gasteiger partial charge < -0.3 is 10.2 Å². The minimum absolute atomic E-state index is 0.0574. The number of aromatic nitrogens is 1. The van der Waals surface area contributed by atoms with E-state index in [-0.39, 0.29) is 24.5 Å². The van der Waals surface area contributed by atoms with Crippen molar-refractivity contribution in [3.05, 3.63) is 55.6 Å². The predicted molar refractivity (Wildman–Crippen MR) is 79.5 cm³/mol. The van der Waals surface area contributed by atoms with Crippen LogP contribution in [0.1, 0.15) is 10.5 Å². The maximum atomic E-state index is 11.8. The Morgan fingerprint density at radius 1 is 1.30 bits per heavy atom. The number of carbonyl (C=O) groups excluding carboxylic acids is 1. The molecule has 1 aromatic carbocycles. The molecule has 0 aliphatic heterocycles. The topological polar surface area (TPSA) is 138 Å². The van der Waals surface area contributed by atoms with E-state index in [9.17, 15) is 25.0 Å². The highest BCUT2D eigenvalue weighted by Crippen LogP contribution is 2.31. The average Bonchev–Trinajstić information content (AvgIpc) is 3.01. The molecule has 0 saturated carbocycles. The fraction of sp³-hybridized carbons (Fsp3) is 0.167. The summed E-state index contributed by atoms with van der Waals surface area (Å²) in [6, 6.07) is 6.07. The van der Waals surface area contributed by atoms with Crippen molar-refractivity contribution in [2.24, 2.45) is 0 Å². The first-order valence-electron chi connectivity index (χ1n) is 6.24. The van der Waals surface area contributed by atoms with Crippen LogP contribution < -0.4 is 5.32 Å². The second-order valence-electron chi connectivity index (χ2n) is 4.12. The first-order chi connectivity index (χ1) is 11.0. The van der Waals surface area contributed by atoms with Gasteiger partial charge >= 0.3 is 0 Å². The van der Waals surface area contributed by atoms with Crippen LogP contribution in [0.15, 0.2) is 29.6 Å². The average molecular weight is 338 g/mol. The van der Waals surface area contributed by atoms with Crippen LogP contribution in [0.2, 0.25) is 0 Å². The van der Waals surface area contributed by atoms with Crippen molar-refractivity contribution >= 4 is 22.9 Å². The lowest BCUT2D eigenvalue weighted by Crippen LogP contribution is -2.28. The summed E-state index contributed by atoms with van der Waals surface area (Å²) in [7, 11) is 0. The summed E-state index contributed by atoms with van der Waals surface area (Å²) in [5.74, 6) is -0.543. The highest BCUT2D eigenvalue weighted by Gasteiger charge is 2.18. The van der Waals surface area contributed by atoms with E-state index in [0.717, 1.165) is 11.3 Å². The third-order valence-corrected chi connectivity index (χ3v) is 3.53. The molecule has 11 heteroatoms. The Kier molecular flexibility index (Phi) is 5.15. The Morgan fingerprint density at radius 2 is 2.04 bits per heavy atom. The maximum absolute atomic E-state index is 11.8. The lowest BCUT2D eigenvalue weighted by Gasteiger charge is -2.01. The van der Waals surface area contributed by atoms with Crippen molar-refractivity contribution in [3.8, 4) is 10.6 Å². The van der Waals surface area contributed by atoms with Crippen LogP contribution in [0.4, 0.5) is 5.69 Å². The van der Waals surface area contributed by atoms with Gasteiger partial charge in [-0.25, -0.2) is 4.98 Å². The minimum Gasteiger partial charge on any atom is -0.349 e. The molecule has 1 N–H and O–H groups in total. The Bertz CT molecular complexity index is 747. The predicted octanol–water partition coefficient (Wildman–Crippen LogP) is 1.66. The van der Waals surface area contributed by atoms with E-state index in [1.54, 1.807) is 12.1 Å². The molecular weight excluding hydrogens is 328 g/mol. The van der Waals surface area contributed by atoms with E-state index in [4.69, 9.17) is 0 Å². The first-order valence-corrected chi connectivity index (χ1v) is 7.12. The molecule has 0 bridgehead atoms. The van der Waals surface area contributed by atoms with Crippen molar-refractivity contribution in [3.63, 3.8) is 0 Å². The Labute approximate surface area is 133 Å². The molecule has 0 aliphatic rings. The quantitative estimate of drug-likeness (QED) is 0.460. The number of nitrogens with one attached hydrogen (secondary N) is 1. The highest BCUT2D eigenvalue weighted by molar-refractivity contribution is 7.13. The van der Waals surface area contributed by atoms with Gasteiger partial charge in [-0.15, -0.1) is 21.5 Å². The number of carbonyl (C=O) groups is 1. The van der Waals surface area contributed by atoms with Crippen LogP contribution >= 0.6 is 11.3 Å². The summed E-state index contributed by atoms with van der Waals surface area (Å²) in [4.78, 5) is 40.4. The molecule has 0 radical (unpaired) electrons. The molecule has 0 aliphatic carbocycles. The van der Waals surface area contributed by atoms with Gasteiger partial charge in [-0.3, -0.25) is 14.9 Å². The van der Waals surface area contributed by atoms with E-state index in [1.807, 2.05) is 0 Å². The highest BCUT2D eigenvalue weighted by atomic mass is 32.1. The summed E-state index contributed by atoms with van der Waals surface area (Å²) >= 11 is 1.09. The van der Waals surface area contributed by atoms with Gasteiger partial charge in [0.15, 0.2) is 0 Å². The monoisotopic (exact) mass is 338 g/mol. The molecule has 1 amide bonds. The van der Waals surface area contributed by atoms with Crippen LogP contribution in [-0.4, -0.2) is 34.1 Å². The van der Waals surface area contributed by atoms with Gasteiger partial charge in [0.1, 0.15) is 17.3 Å². The summed E-state index contributed by atoms with van der Waals surface area (Å²) < 4.78 is 0. The SMILES string of the molecule is O=C(NCCO[N+](=O)[O-])c1csc(-c2ccccc2[N+](=O)[O-])n1. The number of nitrogens with zero attached hydrogens (tertiary/aromatic N) is 3. The number of amides is 1. The Morgan fingerprint density at radius 3 is 2.74 bits per heavy atom. The molecular formula is C12H10N4O6S. The van der Waals surface area contributed by atoms with Gasteiger partial charge in [0, 0.05) is 18.0 Å². The van der Waals surface area contributed by atoms with Crippen LogP contribution in [0, 0.1) is 20.2 Å². The van der Waals surface area contributed by atoms with Crippen molar-refractivity contribution < 1.29 is 19.6 Å². The maximum Gasteiger partial charge on any atom is 0.294 e. The van der Waals surface area contributed by atoms with Crippen molar-refractivity contribution in [2.75, 3.05) is 13.2 Å². The molecule has 0 atom stereocenters. The zero-order valence-electron chi connectivity index (χ0n) is 11.5. The van der Waals surface area contributed by atoms with E-state index >= 15 is 0 Å². The third-order valence-electron chi connectivity index (χ3n) is 2.65. The largest absolute Gasteiger partial charge is 0.349 e. The molecule has 1 aromatic heterocycles. The molecule has 2 rings (SSSR count). The van der Waals surface area contributed by atoms with Crippen LogP contribution in [-0.2, 0) is 4.84 Å². The second kappa shape index (κ2) is 7.26. The van der Waals surface area contributed by atoms with Gasteiger partial charge in [-0.05, 0) is 6.07 Å². The number of nitro groups is 1. The van der Waals surface area contributed by atoms with Gasteiger partial charge in [0.2, 0.25) is 0 Å². The van der Waals surface area contributed by atoms with Crippen molar-refractivity contribution in [1.82, 2.24) is 10.3 Å². The normalized spacial score (nSPS) is 10.1. The van der Waals surface area contributed by atoms with Gasteiger partial charge in [0.25, 0.3) is 16.7 Å². The Balaban J connectivity index is 2.07. The van der Waals surface area contributed by atoms with E-state index in [1.165, 1.54) is 17.5 Å². The zero-order valence-corrected chi connectivity index (χ0v) is 12.3. The fourth-order valence-corrected chi connectivity index (χ4v) is 2.52. The summed E-state index contributed by atoms with van der Waals surface area (Å²) in [6.45, 7) is -0.335. The number of thiazole rings is 1. The van der Waals surface area contributed by atoms with Crippen LogP contribution in [0.25, 0.3) is 10.6 Å². The summed E-state index contributed by atoms with van der Waals surface area (Å²) in [6.07, 6.45) is 0. The van der Waals surface area contributed by atoms with Gasteiger partial charge in [-0.2, -0.15) is 0 Å². The summed E-state index contributed by atoms with van der Waals surface area (Å²) in [5, 5.41) is 24.2. The molecule has 0 saturated heterocycles. The lowest BCUT2D eigenvalue weighted by atomic mass is 10.2. The lowest BCUT2D eigenvalue weighted by molar-refractivity contribution is -0.757. The molecule has 2 aromatic rings. The number of nitro benzene ring substituents is 1. The minimum atomic E-state index is -0.957. The third kappa shape index (κ3) is 4.20. The van der Waals surface area contributed by atoms with Crippen molar-refractivity contribution in [1.29, 1.82) is 0 Å². The van der Waals surface area contributed by atoms with Crippen LogP contribution in [0.3, 0.4) is 0 Å². The van der Waals surface area contributed by atoms with Crippen LogP contribution in [0.5, 0.6) is 0 Å². The number of hydrogen-bond acceptors (Lipinski definition) is 8. The number of hydrogen-bond donors (Lipinski definition) is 1. The Hall–Kier alpha value is -3.08. The number of benzene rings is 1. The smallest absolute Gasteiger partial charge is 0.294 e. The fourth-order valence-electron chi connectivity index (χ4n) is 1.69. The molecule has 0 spiro atoms. The standard InChI is InChI=1S/C12H10N4O6S/c17-11(13-5-6-22-16(20)21)9-7-23-12(14-9)8-3-1-2-4-10(8)15(18)19/h1-4,7H,5-6H2,(H,13,17). The van der Waals surface area contributed by atoms with Gasteiger partial charge in [-0.1, -0.05) is 12.1 Å². The number of rotatable bonds is 7. The van der Waals surface area contributed by atoms with E-state index in [2.05, 4.69) is 15.1 Å². The molecule has 10 nitrogen and oxygen atoms in total. The number of para-hydroxylation sites is 1. The molecule has 0 fully saturated rings. The molecule has 23 heavy (non-hydrogen) atoms. The molecule has 0 unspecified atom stereocenters. The van der Waals surface area contributed by atoms with E-state index in [0.29, 0.717) is 10.6 Å². The first kappa shape index (κ1) is 16.3. The molecule has 1 heterocycles. The summed E-state index contributed by atoms with van der Waals surface area (Å²) in [5.41, 5.74) is 0.288. The zero-order chi connectivity index (χ0) is 16.8. The second-order valence-corrected chi connectivity index (χ2v) is 4.98.